The van der Waals surface area contributed by atoms with Crippen LogP contribution in [0.3, 0.4) is 0 Å². The van der Waals surface area contributed by atoms with Crippen molar-refractivity contribution in [3.05, 3.63) is 95.6 Å². The van der Waals surface area contributed by atoms with Gasteiger partial charge in [0.05, 0.1) is 12.6 Å². The minimum Gasteiger partial charge on any atom is -0.490 e. The first-order chi connectivity index (χ1) is 16.1. The molecule has 0 aromatic heterocycles. The summed E-state index contributed by atoms with van der Waals surface area (Å²) in [6.07, 6.45) is 2.46. The molecule has 5 rings (SSSR count). The van der Waals surface area contributed by atoms with Crippen LogP contribution in [0, 0.1) is 18.8 Å². The Kier molecular flexibility index (Phi) is 6.45. The van der Waals surface area contributed by atoms with E-state index in [2.05, 4.69) is 36.1 Å². The van der Waals surface area contributed by atoms with Crippen LogP contribution in [0.15, 0.2) is 78.9 Å². The molecule has 1 saturated heterocycles. The Hall–Kier alpha value is -3.11. The van der Waals surface area contributed by atoms with Crippen LogP contribution in [0.1, 0.15) is 34.3 Å². The number of hydrogen-bond acceptors (Lipinski definition) is 4. The van der Waals surface area contributed by atoms with Crippen molar-refractivity contribution in [2.45, 2.75) is 32.5 Å². The van der Waals surface area contributed by atoms with Gasteiger partial charge in [0, 0.05) is 18.7 Å². The summed E-state index contributed by atoms with van der Waals surface area (Å²) in [5.41, 5.74) is 3.13. The van der Waals surface area contributed by atoms with Gasteiger partial charge in [0.25, 0.3) is 0 Å². The number of Topliss-reactive ketones (excluding diaryl/α,β-unsaturated/α-hetero) is 1. The van der Waals surface area contributed by atoms with Crippen molar-refractivity contribution in [3.63, 3.8) is 0 Å². The maximum absolute atomic E-state index is 12.8. The van der Waals surface area contributed by atoms with E-state index in [1.165, 1.54) is 5.56 Å². The lowest BCUT2D eigenvalue weighted by atomic mass is 10.0. The first kappa shape index (κ1) is 21.7. The second-order valence-electron chi connectivity index (χ2n) is 9.46. The molecule has 33 heavy (non-hydrogen) atoms. The molecule has 1 aliphatic carbocycles. The average molecular weight is 442 g/mol. The van der Waals surface area contributed by atoms with Crippen LogP contribution in [-0.2, 0) is 6.61 Å². The third kappa shape index (κ3) is 5.45. The molecule has 0 radical (unpaired) electrons. The molecule has 0 unspecified atom stereocenters. The molecule has 1 saturated carbocycles. The summed E-state index contributed by atoms with van der Waals surface area (Å²) in [6.45, 7) is 5.08. The number of rotatable bonds is 8. The molecule has 0 N–H and O–H groups in total. The Morgan fingerprint density at radius 2 is 1.48 bits per heavy atom. The van der Waals surface area contributed by atoms with Crippen molar-refractivity contribution in [3.8, 4) is 11.5 Å². The summed E-state index contributed by atoms with van der Waals surface area (Å²) in [4.78, 5) is 15.2. The van der Waals surface area contributed by atoms with Gasteiger partial charge in [-0.3, -0.25) is 9.69 Å². The molecule has 3 aromatic carbocycles. The van der Waals surface area contributed by atoms with Gasteiger partial charge in [-0.1, -0.05) is 48.0 Å². The Morgan fingerprint density at radius 3 is 2.15 bits per heavy atom. The minimum absolute atomic E-state index is 0.178. The first-order valence-corrected chi connectivity index (χ1v) is 11.9. The van der Waals surface area contributed by atoms with E-state index in [0.717, 1.165) is 48.6 Å². The maximum Gasteiger partial charge on any atom is 0.176 e. The molecular formula is C29H31NO3. The highest BCUT2D eigenvalue weighted by molar-refractivity contribution is 5.97. The number of carbonyl (C=O) groups is 1. The molecule has 4 nitrogen and oxygen atoms in total. The number of hydrogen-bond donors (Lipinski definition) is 0. The molecule has 3 aromatic rings. The smallest absolute Gasteiger partial charge is 0.176 e. The molecule has 2 aliphatic rings. The van der Waals surface area contributed by atoms with Gasteiger partial charge in [-0.25, -0.2) is 0 Å². The van der Waals surface area contributed by atoms with Crippen LogP contribution < -0.4 is 9.47 Å². The highest BCUT2D eigenvalue weighted by atomic mass is 16.5. The molecule has 0 amide bonds. The number of fused-ring (bicyclic) bond motifs is 1. The van der Waals surface area contributed by atoms with Crippen LogP contribution in [0.25, 0.3) is 0 Å². The van der Waals surface area contributed by atoms with Crippen LogP contribution in [-0.4, -0.2) is 36.4 Å². The normalized spacial score (nSPS) is 22.2. The van der Waals surface area contributed by atoms with Gasteiger partial charge in [-0.2, -0.15) is 0 Å². The Bertz CT molecular complexity index is 1050. The average Bonchev–Trinajstić information content (AvgIpc) is 3.38. The highest BCUT2D eigenvalue weighted by Crippen LogP contribution is 2.39. The van der Waals surface area contributed by atoms with Gasteiger partial charge in [0.15, 0.2) is 5.78 Å². The maximum atomic E-state index is 12.8. The molecule has 1 aliphatic heterocycles. The summed E-state index contributed by atoms with van der Waals surface area (Å²) in [5.74, 6) is 3.18. The van der Waals surface area contributed by atoms with Crippen LogP contribution in [0.4, 0.5) is 0 Å². The molecule has 4 heteroatoms. The summed E-state index contributed by atoms with van der Waals surface area (Å²) in [7, 11) is 0. The van der Waals surface area contributed by atoms with E-state index in [1.54, 1.807) is 0 Å². The van der Waals surface area contributed by atoms with E-state index in [4.69, 9.17) is 9.47 Å². The number of ether oxygens (including phenoxy) is 2. The molecule has 170 valence electrons. The van der Waals surface area contributed by atoms with Gasteiger partial charge in [-0.05, 0) is 73.6 Å². The number of carbonyl (C=O) groups excluding carboxylic acids is 1. The SMILES string of the molecule is Cc1ccc(O[C@H]2C[C@@H]3CN(CC(=O)c4ccc(OCc5ccccc5)cc4)C[C@@H]3C2)cc1. The zero-order chi connectivity index (χ0) is 22.6. The minimum atomic E-state index is 0.178. The van der Waals surface area contributed by atoms with Crippen molar-refractivity contribution < 1.29 is 14.3 Å². The van der Waals surface area contributed by atoms with Crippen molar-refractivity contribution >= 4 is 5.78 Å². The third-order valence-corrected chi connectivity index (χ3v) is 6.90. The van der Waals surface area contributed by atoms with E-state index in [-0.39, 0.29) is 5.78 Å². The topological polar surface area (TPSA) is 38.8 Å². The highest BCUT2D eigenvalue weighted by Gasteiger charge is 2.42. The number of ketones is 1. The third-order valence-electron chi connectivity index (χ3n) is 6.90. The largest absolute Gasteiger partial charge is 0.490 e. The molecule has 0 bridgehead atoms. The quantitative estimate of drug-likeness (QED) is 0.430. The van der Waals surface area contributed by atoms with Crippen molar-refractivity contribution in [2.75, 3.05) is 19.6 Å². The number of aryl methyl sites for hydroxylation is 1. The van der Waals surface area contributed by atoms with E-state index in [9.17, 15) is 4.79 Å². The number of likely N-dealkylation sites (tertiary alicyclic amines) is 1. The van der Waals surface area contributed by atoms with Gasteiger partial charge in [0.2, 0.25) is 0 Å². The summed E-state index contributed by atoms with van der Waals surface area (Å²) in [5, 5.41) is 0. The first-order valence-electron chi connectivity index (χ1n) is 11.9. The predicted molar refractivity (Wildman–Crippen MR) is 130 cm³/mol. The number of nitrogens with zero attached hydrogens (tertiary/aromatic N) is 1. The molecule has 1 heterocycles. The van der Waals surface area contributed by atoms with Crippen molar-refractivity contribution in [2.24, 2.45) is 11.8 Å². The van der Waals surface area contributed by atoms with Gasteiger partial charge >= 0.3 is 0 Å². The van der Waals surface area contributed by atoms with Crippen LogP contribution >= 0.6 is 0 Å². The monoisotopic (exact) mass is 441 g/mol. The van der Waals surface area contributed by atoms with Crippen molar-refractivity contribution in [1.82, 2.24) is 4.90 Å². The second kappa shape index (κ2) is 9.80. The lowest BCUT2D eigenvalue weighted by molar-refractivity contribution is 0.0936. The fourth-order valence-corrected chi connectivity index (χ4v) is 5.15. The lowest BCUT2D eigenvalue weighted by Crippen LogP contribution is -2.30. The number of benzene rings is 3. The lowest BCUT2D eigenvalue weighted by Gasteiger charge is -2.19. The van der Waals surface area contributed by atoms with E-state index < -0.39 is 0 Å². The van der Waals surface area contributed by atoms with Crippen LogP contribution in [0.2, 0.25) is 0 Å². The zero-order valence-electron chi connectivity index (χ0n) is 19.2. The fraction of sp³-hybridized carbons (Fsp3) is 0.345. The molecule has 3 atom stereocenters. The summed E-state index contributed by atoms with van der Waals surface area (Å²) in [6, 6.07) is 25.9. The van der Waals surface area contributed by atoms with E-state index in [1.807, 2.05) is 54.6 Å². The Labute approximate surface area is 196 Å². The Morgan fingerprint density at radius 1 is 0.848 bits per heavy atom. The predicted octanol–water partition coefficient (Wildman–Crippen LogP) is 5.55. The molecular weight excluding hydrogens is 410 g/mol. The van der Waals surface area contributed by atoms with E-state index >= 15 is 0 Å². The molecule has 0 spiro atoms. The van der Waals surface area contributed by atoms with Gasteiger partial charge < -0.3 is 9.47 Å². The van der Waals surface area contributed by atoms with Gasteiger partial charge in [-0.15, -0.1) is 0 Å². The summed E-state index contributed by atoms with van der Waals surface area (Å²) < 4.78 is 12.0. The second-order valence-corrected chi connectivity index (χ2v) is 9.46. The summed E-state index contributed by atoms with van der Waals surface area (Å²) >= 11 is 0. The van der Waals surface area contributed by atoms with Crippen molar-refractivity contribution in [1.29, 1.82) is 0 Å². The Balaban J connectivity index is 1.08. The standard InChI is InChI=1S/C29H31NO3/c1-21-7-11-27(12-8-21)33-28-15-24-17-30(18-25(24)16-28)19-29(31)23-9-13-26(14-10-23)32-20-22-5-3-2-4-6-22/h2-14,24-25,28H,15-20H2,1H3/t24-,25+,28+. The van der Waals surface area contributed by atoms with E-state index in [0.29, 0.717) is 31.1 Å². The van der Waals surface area contributed by atoms with Crippen LogP contribution in [0.5, 0.6) is 11.5 Å². The van der Waals surface area contributed by atoms with Gasteiger partial charge in [0.1, 0.15) is 18.1 Å². The molecule has 2 fully saturated rings. The zero-order valence-corrected chi connectivity index (χ0v) is 19.2. The fourth-order valence-electron chi connectivity index (χ4n) is 5.15.